The van der Waals surface area contributed by atoms with Gasteiger partial charge in [-0.05, 0) is 34.1 Å². The first-order valence-electron chi connectivity index (χ1n) is 4.37. The molecule has 0 unspecified atom stereocenters. The molecule has 1 rings (SSSR count). The van der Waals surface area contributed by atoms with Gasteiger partial charge >= 0.3 is 5.97 Å². The maximum absolute atomic E-state index is 11.3. The summed E-state index contributed by atoms with van der Waals surface area (Å²) in [6.45, 7) is 7.70. The lowest BCUT2D eigenvalue weighted by atomic mass is 9.99. The maximum atomic E-state index is 11.3. The van der Waals surface area contributed by atoms with Crippen molar-refractivity contribution in [2.24, 2.45) is 0 Å². The van der Waals surface area contributed by atoms with Gasteiger partial charge in [0.25, 0.3) is 0 Å². The Morgan fingerprint density at radius 3 is 2.33 bits per heavy atom. The van der Waals surface area contributed by atoms with Crippen molar-refractivity contribution in [1.29, 1.82) is 0 Å². The molecule has 1 saturated heterocycles. The van der Waals surface area contributed by atoms with E-state index in [0.717, 1.165) is 6.42 Å². The standard InChI is InChI=1S/C9H17NO2/c1-6-5-7(10-6)8(11)12-9(2,3)4/h6-7,10H,5H2,1-4H3/t6-,7+/m1/s1. The molecule has 2 atom stereocenters. The molecular formula is C9H17NO2. The van der Waals surface area contributed by atoms with Crippen molar-refractivity contribution in [3.8, 4) is 0 Å². The Kier molecular flexibility index (Phi) is 2.42. The summed E-state index contributed by atoms with van der Waals surface area (Å²) in [6.07, 6.45) is 0.898. The summed E-state index contributed by atoms with van der Waals surface area (Å²) in [5, 5.41) is 3.09. The van der Waals surface area contributed by atoms with E-state index in [-0.39, 0.29) is 17.6 Å². The predicted octanol–water partition coefficient (Wildman–Crippen LogP) is 1.08. The van der Waals surface area contributed by atoms with Crippen LogP contribution in [0.1, 0.15) is 34.1 Å². The Balaban J connectivity index is 2.30. The molecule has 0 aliphatic carbocycles. The highest BCUT2D eigenvalue weighted by atomic mass is 16.6. The first-order chi connectivity index (χ1) is 5.38. The first-order valence-corrected chi connectivity index (χ1v) is 4.37. The smallest absolute Gasteiger partial charge is 0.323 e. The van der Waals surface area contributed by atoms with E-state index in [1.165, 1.54) is 0 Å². The van der Waals surface area contributed by atoms with Crippen molar-refractivity contribution in [2.45, 2.75) is 51.8 Å². The van der Waals surface area contributed by atoms with Crippen LogP contribution in [0.2, 0.25) is 0 Å². The largest absolute Gasteiger partial charge is 0.459 e. The summed E-state index contributed by atoms with van der Waals surface area (Å²) in [6, 6.07) is 0.391. The van der Waals surface area contributed by atoms with Crippen LogP contribution in [0.4, 0.5) is 0 Å². The summed E-state index contributed by atoms with van der Waals surface area (Å²) in [4.78, 5) is 11.3. The molecule has 1 heterocycles. The Hall–Kier alpha value is -0.570. The number of hydrogen-bond acceptors (Lipinski definition) is 3. The van der Waals surface area contributed by atoms with Crippen molar-refractivity contribution in [3.05, 3.63) is 0 Å². The maximum Gasteiger partial charge on any atom is 0.323 e. The zero-order valence-electron chi connectivity index (χ0n) is 8.18. The Morgan fingerprint density at radius 1 is 1.50 bits per heavy atom. The minimum Gasteiger partial charge on any atom is -0.459 e. The van der Waals surface area contributed by atoms with Crippen LogP contribution in [-0.4, -0.2) is 23.7 Å². The molecule has 1 aliphatic heterocycles. The van der Waals surface area contributed by atoms with Crippen LogP contribution in [0.15, 0.2) is 0 Å². The van der Waals surface area contributed by atoms with Gasteiger partial charge in [-0.1, -0.05) is 0 Å². The summed E-state index contributed by atoms with van der Waals surface area (Å²) >= 11 is 0. The molecular weight excluding hydrogens is 154 g/mol. The Bertz CT molecular complexity index is 177. The molecule has 3 nitrogen and oxygen atoms in total. The number of nitrogens with one attached hydrogen (secondary N) is 1. The number of carbonyl (C=O) groups is 1. The monoisotopic (exact) mass is 171 g/mol. The average molecular weight is 171 g/mol. The van der Waals surface area contributed by atoms with Crippen LogP contribution < -0.4 is 5.32 Å². The number of carbonyl (C=O) groups excluding carboxylic acids is 1. The van der Waals surface area contributed by atoms with E-state index in [2.05, 4.69) is 12.2 Å². The van der Waals surface area contributed by atoms with Crippen LogP contribution in [0.25, 0.3) is 0 Å². The molecule has 0 amide bonds. The molecule has 1 fully saturated rings. The molecule has 3 heteroatoms. The topological polar surface area (TPSA) is 38.3 Å². The van der Waals surface area contributed by atoms with Crippen molar-refractivity contribution in [2.75, 3.05) is 0 Å². The van der Waals surface area contributed by atoms with E-state index in [1.807, 2.05) is 20.8 Å². The zero-order chi connectivity index (χ0) is 9.35. The second kappa shape index (κ2) is 3.05. The van der Waals surface area contributed by atoms with E-state index in [1.54, 1.807) is 0 Å². The van der Waals surface area contributed by atoms with Gasteiger partial charge in [0.15, 0.2) is 0 Å². The van der Waals surface area contributed by atoms with E-state index in [0.29, 0.717) is 6.04 Å². The van der Waals surface area contributed by atoms with Crippen LogP contribution in [0.3, 0.4) is 0 Å². The first kappa shape index (κ1) is 9.52. The molecule has 0 aromatic heterocycles. The number of esters is 1. The highest BCUT2D eigenvalue weighted by molar-refractivity contribution is 5.77. The van der Waals surface area contributed by atoms with Crippen molar-refractivity contribution < 1.29 is 9.53 Å². The van der Waals surface area contributed by atoms with Gasteiger partial charge in [-0.3, -0.25) is 4.79 Å². The Morgan fingerprint density at radius 2 is 2.00 bits per heavy atom. The lowest BCUT2D eigenvalue weighted by Gasteiger charge is -2.34. The lowest BCUT2D eigenvalue weighted by molar-refractivity contribution is -0.160. The van der Waals surface area contributed by atoms with Crippen molar-refractivity contribution in [1.82, 2.24) is 5.32 Å². The summed E-state index contributed by atoms with van der Waals surface area (Å²) in [5.74, 6) is -0.124. The molecule has 0 spiro atoms. The molecule has 0 saturated carbocycles. The predicted molar refractivity (Wildman–Crippen MR) is 46.8 cm³/mol. The lowest BCUT2D eigenvalue weighted by Crippen LogP contribution is -2.56. The highest BCUT2D eigenvalue weighted by Crippen LogP contribution is 2.16. The van der Waals surface area contributed by atoms with Gasteiger partial charge in [-0.2, -0.15) is 0 Å². The third-order valence-corrected chi connectivity index (χ3v) is 1.77. The molecule has 70 valence electrons. The number of hydrogen-bond donors (Lipinski definition) is 1. The van der Waals surface area contributed by atoms with E-state index in [4.69, 9.17) is 4.74 Å². The molecule has 1 N–H and O–H groups in total. The van der Waals surface area contributed by atoms with Crippen LogP contribution in [0.5, 0.6) is 0 Å². The average Bonchev–Trinajstić information content (AvgIpc) is 1.76. The van der Waals surface area contributed by atoms with Gasteiger partial charge in [0.2, 0.25) is 0 Å². The van der Waals surface area contributed by atoms with E-state index >= 15 is 0 Å². The molecule has 12 heavy (non-hydrogen) atoms. The van der Waals surface area contributed by atoms with Crippen molar-refractivity contribution in [3.63, 3.8) is 0 Å². The second-order valence-corrected chi connectivity index (χ2v) is 4.39. The van der Waals surface area contributed by atoms with Gasteiger partial charge in [0.1, 0.15) is 11.6 Å². The van der Waals surface area contributed by atoms with Gasteiger partial charge in [-0.25, -0.2) is 0 Å². The Labute approximate surface area is 73.5 Å². The number of ether oxygens (including phenoxy) is 1. The quantitative estimate of drug-likeness (QED) is 0.600. The fourth-order valence-corrected chi connectivity index (χ4v) is 1.21. The molecule has 1 aliphatic rings. The van der Waals surface area contributed by atoms with Gasteiger partial charge < -0.3 is 10.1 Å². The SMILES string of the molecule is C[C@@H]1C[C@@H](C(=O)OC(C)(C)C)N1. The van der Waals surface area contributed by atoms with Gasteiger partial charge in [-0.15, -0.1) is 0 Å². The minimum absolute atomic E-state index is 0.0702. The molecule has 0 aromatic rings. The molecule has 0 bridgehead atoms. The minimum atomic E-state index is -0.364. The fourth-order valence-electron chi connectivity index (χ4n) is 1.21. The second-order valence-electron chi connectivity index (χ2n) is 4.39. The summed E-state index contributed by atoms with van der Waals surface area (Å²) < 4.78 is 5.19. The summed E-state index contributed by atoms with van der Waals surface area (Å²) in [5.41, 5.74) is -0.364. The van der Waals surface area contributed by atoms with Crippen molar-refractivity contribution >= 4 is 5.97 Å². The van der Waals surface area contributed by atoms with Crippen LogP contribution in [-0.2, 0) is 9.53 Å². The zero-order valence-corrected chi connectivity index (χ0v) is 8.18. The van der Waals surface area contributed by atoms with E-state index < -0.39 is 0 Å². The summed E-state index contributed by atoms with van der Waals surface area (Å²) in [7, 11) is 0. The van der Waals surface area contributed by atoms with E-state index in [9.17, 15) is 4.79 Å². The number of rotatable bonds is 1. The molecule has 0 radical (unpaired) electrons. The van der Waals surface area contributed by atoms with Gasteiger partial charge in [0.05, 0.1) is 0 Å². The van der Waals surface area contributed by atoms with Crippen LogP contribution >= 0.6 is 0 Å². The normalized spacial score (nSPS) is 29.3. The fraction of sp³-hybridized carbons (Fsp3) is 0.889. The van der Waals surface area contributed by atoms with Crippen LogP contribution in [0, 0.1) is 0 Å². The molecule has 0 aromatic carbocycles. The third-order valence-electron chi connectivity index (χ3n) is 1.77. The third kappa shape index (κ3) is 2.48. The van der Waals surface area contributed by atoms with Gasteiger partial charge in [0, 0.05) is 6.04 Å². The highest BCUT2D eigenvalue weighted by Gasteiger charge is 2.33.